The van der Waals surface area contributed by atoms with E-state index in [1.807, 2.05) is 0 Å². The number of rotatable bonds is 6. The zero-order valence-electron chi connectivity index (χ0n) is 9.36. The van der Waals surface area contributed by atoms with Crippen molar-refractivity contribution in [2.45, 2.75) is 32.8 Å². The average molecular weight is 243 g/mol. The van der Waals surface area contributed by atoms with Crippen molar-refractivity contribution in [2.75, 3.05) is 0 Å². The van der Waals surface area contributed by atoms with E-state index in [2.05, 4.69) is 8.83 Å². The molecule has 0 aromatic carbocycles. The minimum atomic E-state index is -0.831. The van der Waals surface area contributed by atoms with E-state index in [1.165, 1.54) is 6.92 Å². The van der Waals surface area contributed by atoms with Gasteiger partial charge < -0.3 is 19.3 Å². The van der Waals surface area contributed by atoms with Gasteiger partial charge in [-0.2, -0.15) is 0 Å². The molecular formula is C10H13NO6. The minimum absolute atomic E-state index is 0.0874. The first-order chi connectivity index (χ1) is 7.99. The molecule has 0 spiro atoms. The van der Waals surface area contributed by atoms with E-state index in [0.717, 1.165) is 0 Å². The molecule has 17 heavy (non-hydrogen) atoms. The molecule has 7 heteroatoms. The Bertz CT molecular complexity index is 458. The Morgan fingerprint density at radius 3 is 2.53 bits per heavy atom. The van der Waals surface area contributed by atoms with E-state index in [0.29, 0.717) is 6.42 Å². The number of aryl methyl sites for hydroxylation is 1. The van der Waals surface area contributed by atoms with Gasteiger partial charge in [0.15, 0.2) is 18.1 Å². The van der Waals surface area contributed by atoms with Gasteiger partial charge in [0.2, 0.25) is 5.91 Å². The maximum Gasteiger partial charge on any atom is 0.519 e. The van der Waals surface area contributed by atoms with Gasteiger partial charge in [-0.15, -0.1) is 0 Å². The number of esters is 1. The number of hydrogen-bond donors (Lipinski definition) is 1. The molecule has 0 saturated heterocycles. The van der Waals surface area contributed by atoms with Crippen LogP contribution in [0.25, 0.3) is 0 Å². The van der Waals surface area contributed by atoms with Crippen LogP contribution >= 0.6 is 0 Å². The monoisotopic (exact) mass is 243 g/mol. The van der Waals surface area contributed by atoms with Gasteiger partial charge in [-0.1, -0.05) is 0 Å². The Labute approximate surface area is 96.5 Å². The highest BCUT2D eigenvalue weighted by molar-refractivity contribution is 5.75. The first-order valence-corrected chi connectivity index (χ1v) is 5.02. The number of carbonyl (C=O) groups excluding carboxylic acids is 2. The van der Waals surface area contributed by atoms with Crippen molar-refractivity contribution >= 4 is 11.9 Å². The third kappa shape index (κ3) is 4.54. The first kappa shape index (κ1) is 13.0. The molecule has 1 amide bonds. The Morgan fingerprint density at radius 1 is 1.29 bits per heavy atom. The summed E-state index contributed by atoms with van der Waals surface area (Å²) in [5, 5.41) is 0. The molecule has 0 atom stereocenters. The van der Waals surface area contributed by atoms with Crippen LogP contribution in [0.4, 0.5) is 0 Å². The van der Waals surface area contributed by atoms with Gasteiger partial charge in [-0.05, 0) is 13.3 Å². The molecule has 2 N–H and O–H groups in total. The van der Waals surface area contributed by atoms with Gasteiger partial charge in [0.1, 0.15) is 0 Å². The Balaban J connectivity index is 2.31. The average Bonchev–Trinajstić information content (AvgIpc) is 2.54. The normalized spacial score (nSPS) is 10.2. The van der Waals surface area contributed by atoms with Crippen molar-refractivity contribution in [3.05, 3.63) is 22.1 Å². The van der Waals surface area contributed by atoms with E-state index >= 15 is 0 Å². The lowest BCUT2D eigenvalue weighted by Gasteiger charge is -2.01. The minimum Gasteiger partial charge on any atom is -0.457 e. The van der Waals surface area contributed by atoms with Gasteiger partial charge in [0, 0.05) is 12.8 Å². The summed E-state index contributed by atoms with van der Waals surface area (Å²) in [6, 6.07) is 0. The fourth-order valence-electron chi connectivity index (χ4n) is 1.13. The first-order valence-electron chi connectivity index (χ1n) is 5.02. The van der Waals surface area contributed by atoms with E-state index < -0.39 is 17.7 Å². The van der Waals surface area contributed by atoms with Crippen molar-refractivity contribution in [1.82, 2.24) is 0 Å². The van der Waals surface area contributed by atoms with E-state index in [-0.39, 0.29) is 31.0 Å². The smallest absolute Gasteiger partial charge is 0.457 e. The van der Waals surface area contributed by atoms with Gasteiger partial charge in [0.25, 0.3) is 0 Å². The lowest BCUT2D eigenvalue weighted by atomic mass is 10.2. The second-order valence-electron chi connectivity index (χ2n) is 3.41. The second-order valence-corrected chi connectivity index (χ2v) is 3.41. The van der Waals surface area contributed by atoms with Crippen LogP contribution < -0.4 is 11.6 Å². The Hall–Kier alpha value is -2.05. The van der Waals surface area contributed by atoms with Crippen LogP contribution in [0.15, 0.2) is 13.6 Å². The van der Waals surface area contributed by atoms with Crippen molar-refractivity contribution in [3.63, 3.8) is 0 Å². The molecule has 94 valence electrons. The molecule has 0 bridgehead atoms. The van der Waals surface area contributed by atoms with Gasteiger partial charge in [0.05, 0.1) is 0 Å². The van der Waals surface area contributed by atoms with Crippen LogP contribution in [0.1, 0.15) is 30.8 Å². The molecule has 1 aromatic rings. The van der Waals surface area contributed by atoms with Gasteiger partial charge in [-0.25, -0.2) is 4.79 Å². The molecule has 7 nitrogen and oxygen atoms in total. The highest BCUT2D eigenvalue weighted by Crippen LogP contribution is 2.07. The standard InChI is InChI=1S/C10H13NO6/c1-6-7(17-10(14)16-6)5-15-9(13)4-2-3-8(11)12/h2-5H2,1H3,(H2,11,12). The summed E-state index contributed by atoms with van der Waals surface area (Å²) in [4.78, 5) is 32.3. The highest BCUT2D eigenvalue weighted by Gasteiger charge is 2.11. The molecule has 0 saturated carbocycles. The van der Waals surface area contributed by atoms with E-state index in [9.17, 15) is 14.4 Å². The topological polar surface area (TPSA) is 113 Å². The lowest BCUT2D eigenvalue weighted by molar-refractivity contribution is -0.145. The molecule has 1 rings (SSSR count). The van der Waals surface area contributed by atoms with Crippen molar-refractivity contribution < 1.29 is 23.2 Å². The summed E-state index contributed by atoms with van der Waals surface area (Å²) < 4.78 is 14.0. The zero-order chi connectivity index (χ0) is 12.8. The largest absolute Gasteiger partial charge is 0.519 e. The number of carbonyl (C=O) groups is 2. The summed E-state index contributed by atoms with van der Waals surface area (Å²) in [6.45, 7) is 1.37. The maximum absolute atomic E-state index is 11.2. The zero-order valence-corrected chi connectivity index (χ0v) is 9.36. The fourth-order valence-corrected chi connectivity index (χ4v) is 1.13. The second kappa shape index (κ2) is 5.88. The highest BCUT2D eigenvalue weighted by atomic mass is 16.6. The number of nitrogens with two attached hydrogens (primary N) is 1. The molecule has 0 radical (unpaired) electrons. The molecule has 0 aliphatic rings. The molecule has 0 aliphatic carbocycles. The lowest BCUT2D eigenvalue weighted by Crippen LogP contribution is -2.11. The van der Waals surface area contributed by atoms with Crippen molar-refractivity contribution in [3.8, 4) is 0 Å². The van der Waals surface area contributed by atoms with Crippen LogP contribution in [-0.4, -0.2) is 11.9 Å². The van der Waals surface area contributed by atoms with Crippen LogP contribution in [-0.2, 0) is 20.9 Å². The molecule has 1 aromatic heterocycles. The predicted octanol–water partition coefficient (Wildman–Crippen LogP) is 0.240. The molecule has 1 heterocycles. The van der Waals surface area contributed by atoms with Crippen molar-refractivity contribution in [2.24, 2.45) is 5.73 Å². The molecule has 0 aliphatic heterocycles. The molecule has 0 unspecified atom stereocenters. The van der Waals surface area contributed by atoms with Crippen LogP contribution in [0, 0.1) is 6.92 Å². The Kier molecular flexibility index (Phi) is 4.50. The summed E-state index contributed by atoms with van der Waals surface area (Å²) >= 11 is 0. The summed E-state index contributed by atoms with van der Waals surface area (Å²) in [6.07, 6.45) is 0.557. The molecular weight excluding hydrogens is 230 g/mol. The predicted molar refractivity (Wildman–Crippen MR) is 54.8 cm³/mol. The number of amides is 1. The molecule has 0 fully saturated rings. The van der Waals surface area contributed by atoms with E-state index in [4.69, 9.17) is 10.5 Å². The van der Waals surface area contributed by atoms with Crippen molar-refractivity contribution in [1.29, 1.82) is 0 Å². The van der Waals surface area contributed by atoms with Gasteiger partial charge in [-0.3, -0.25) is 9.59 Å². The van der Waals surface area contributed by atoms with Crippen LogP contribution in [0.2, 0.25) is 0 Å². The van der Waals surface area contributed by atoms with E-state index in [1.54, 1.807) is 0 Å². The summed E-state index contributed by atoms with van der Waals surface area (Å²) in [5.41, 5.74) is 4.91. The van der Waals surface area contributed by atoms with Gasteiger partial charge >= 0.3 is 11.8 Å². The number of ether oxygens (including phenoxy) is 1. The number of hydrogen-bond acceptors (Lipinski definition) is 6. The Morgan fingerprint density at radius 2 is 2.00 bits per heavy atom. The van der Waals surface area contributed by atoms with Crippen LogP contribution in [0.5, 0.6) is 0 Å². The quantitative estimate of drug-likeness (QED) is 0.716. The SMILES string of the molecule is Cc1oc(=O)oc1COC(=O)CCCC(N)=O. The maximum atomic E-state index is 11.2. The fraction of sp³-hybridized carbons (Fsp3) is 0.500. The third-order valence-corrected chi connectivity index (χ3v) is 2.00. The van der Waals surface area contributed by atoms with Crippen LogP contribution in [0.3, 0.4) is 0 Å². The summed E-state index contributed by atoms with van der Waals surface area (Å²) in [5.74, 6) is -1.33. The third-order valence-electron chi connectivity index (χ3n) is 2.00. The number of primary amides is 1. The summed E-state index contributed by atoms with van der Waals surface area (Å²) in [7, 11) is 0.